The van der Waals surface area contributed by atoms with Crippen molar-refractivity contribution in [2.75, 3.05) is 39.3 Å². The maximum atomic E-state index is 5.93. The molecule has 1 aliphatic heterocycles. The van der Waals surface area contributed by atoms with Gasteiger partial charge < -0.3 is 30.7 Å². The van der Waals surface area contributed by atoms with Crippen LogP contribution in [0.15, 0.2) is 22.8 Å². The first kappa shape index (κ1) is 21.9. The van der Waals surface area contributed by atoms with Crippen LogP contribution in [0.1, 0.15) is 27.2 Å². The summed E-state index contributed by atoms with van der Waals surface area (Å²) in [5.41, 5.74) is 12.2. The standard InChI is InChI=1S/C19H33N7O2/c1-12(20)7-16(21)22-17-9-18(28-15-10-27-11-15)24-19(23-17)26(6)14(3)8-13(2)25(4)5/h7,9,13-15H,8,10-11,20H2,1-6H3,(H2,21,22,23,24)/b12-7-. The van der Waals surface area contributed by atoms with E-state index in [0.29, 0.717) is 42.6 Å². The molecule has 4 N–H and O–H groups in total. The van der Waals surface area contributed by atoms with Gasteiger partial charge in [0.2, 0.25) is 11.8 Å². The number of ether oxygens (including phenoxy) is 2. The molecule has 0 saturated carbocycles. The van der Waals surface area contributed by atoms with Crippen LogP contribution >= 0.6 is 0 Å². The van der Waals surface area contributed by atoms with Crippen LogP contribution in [0.4, 0.5) is 11.8 Å². The number of nitrogens with two attached hydrogens (primary N) is 2. The molecule has 2 atom stereocenters. The van der Waals surface area contributed by atoms with Crippen molar-refractivity contribution in [3.05, 3.63) is 17.8 Å². The van der Waals surface area contributed by atoms with Gasteiger partial charge in [-0.05, 0) is 47.4 Å². The summed E-state index contributed by atoms with van der Waals surface area (Å²) in [5.74, 6) is 1.70. The maximum Gasteiger partial charge on any atom is 0.230 e. The van der Waals surface area contributed by atoms with E-state index < -0.39 is 0 Å². The van der Waals surface area contributed by atoms with Crippen LogP contribution in [0.2, 0.25) is 0 Å². The molecular formula is C19H33N7O2. The molecule has 28 heavy (non-hydrogen) atoms. The lowest BCUT2D eigenvalue weighted by atomic mass is 10.1. The molecule has 156 valence electrons. The predicted molar refractivity (Wildman–Crippen MR) is 112 cm³/mol. The van der Waals surface area contributed by atoms with Crippen molar-refractivity contribution in [2.24, 2.45) is 16.5 Å². The highest BCUT2D eigenvalue weighted by Gasteiger charge is 2.23. The second kappa shape index (κ2) is 9.70. The van der Waals surface area contributed by atoms with E-state index in [4.69, 9.17) is 20.9 Å². The number of anilines is 1. The molecule has 9 nitrogen and oxygen atoms in total. The van der Waals surface area contributed by atoms with Gasteiger partial charge in [0.15, 0.2) is 5.82 Å². The van der Waals surface area contributed by atoms with Crippen molar-refractivity contribution in [1.29, 1.82) is 0 Å². The zero-order chi connectivity index (χ0) is 20.8. The Kier molecular flexibility index (Phi) is 7.59. The van der Waals surface area contributed by atoms with Gasteiger partial charge in [-0.15, -0.1) is 0 Å². The first-order valence-electron chi connectivity index (χ1n) is 9.46. The highest BCUT2D eigenvalue weighted by atomic mass is 16.6. The molecule has 0 spiro atoms. The summed E-state index contributed by atoms with van der Waals surface area (Å²) < 4.78 is 11.1. The van der Waals surface area contributed by atoms with Gasteiger partial charge in [0, 0.05) is 30.9 Å². The number of allylic oxidation sites excluding steroid dienone is 1. The minimum atomic E-state index is -0.000369. The van der Waals surface area contributed by atoms with Gasteiger partial charge in [-0.3, -0.25) is 0 Å². The van der Waals surface area contributed by atoms with Gasteiger partial charge >= 0.3 is 0 Å². The Labute approximate surface area is 167 Å². The second-order valence-corrected chi connectivity index (χ2v) is 7.57. The van der Waals surface area contributed by atoms with Crippen molar-refractivity contribution in [1.82, 2.24) is 14.9 Å². The summed E-state index contributed by atoms with van der Waals surface area (Å²) in [7, 11) is 6.12. The molecule has 0 radical (unpaired) electrons. The summed E-state index contributed by atoms with van der Waals surface area (Å²) in [5, 5.41) is 0. The van der Waals surface area contributed by atoms with Gasteiger partial charge in [0.25, 0.3) is 0 Å². The molecule has 0 bridgehead atoms. The van der Waals surface area contributed by atoms with Crippen LogP contribution in [-0.4, -0.2) is 73.2 Å². The second-order valence-electron chi connectivity index (χ2n) is 7.57. The first-order chi connectivity index (χ1) is 13.2. The summed E-state index contributed by atoms with van der Waals surface area (Å²) in [6.45, 7) is 7.21. The number of hydrogen-bond acceptors (Lipinski definition) is 8. The summed E-state index contributed by atoms with van der Waals surface area (Å²) in [6.07, 6.45) is 2.55. The van der Waals surface area contributed by atoms with Crippen LogP contribution in [-0.2, 0) is 4.74 Å². The number of hydrogen-bond donors (Lipinski definition) is 2. The Morgan fingerprint density at radius 1 is 1.29 bits per heavy atom. The molecule has 2 heterocycles. The molecule has 1 saturated heterocycles. The number of nitrogens with zero attached hydrogens (tertiary/aromatic N) is 5. The van der Waals surface area contributed by atoms with E-state index in [1.807, 2.05) is 11.9 Å². The third-order valence-corrected chi connectivity index (χ3v) is 4.73. The number of aromatic nitrogens is 2. The fourth-order valence-electron chi connectivity index (χ4n) is 2.59. The van der Waals surface area contributed by atoms with Crippen molar-refractivity contribution in [3.63, 3.8) is 0 Å². The van der Waals surface area contributed by atoms with E-state index in [1.54, 1.807) is 19.1 Å². The predicted octanol–water partition coefficient (Wildman–Crippen LogP) is 1.27. The summed E-state index contributed by atoms with van der Waals surface area (Å²) in [4.78, 5) is 17.7. The molecule has 1 aromatic heterocycles. The average molecular weight is 392 g/mol. The molecule has 9 heteroatoms. The van der Waals surface area contributed by atoms with Gasteiger partial charge in [0.05, 0.1) is 13.2 Å². The van der Waals surface area contributed by atoms with Crippen LogP contribution in [0, 0.1) is 0 Å². The van der Waals surface area contributed by atoms with Crippen molar-refractivity contribution >= 4 is 17.6 Å². The molecule has 0 amide bonds. The largest absolute Gasteiger partial charge is 0.469 e. The zero-order valence-corrected chi connectivity index (χ0v) is 17.7. The Morgan fingerprint density at radius 2 is 1.96 bits per heavy atom. The molecule has 0 aliphatic carbocycles. The van der Waals surface area contributed by atoms with Crippen molar-refractivity contribution in [3.8, 4) is 5.88 Å². The van der Waals surface area contributed by atoms with Gasteiger partial charge in [0.1, 0.15) is 11.9 Å². The molecule has 1 fully saturated rings. The lowest BCUT2D eigenvalue weighted by molar-refractivity contribution is -0.0813. The van der Waals surface area contributed by atoms with Crippen molar-refractivity contribution in [2.45, 2.75) is 45.4 Å². The SMILES string of the molecule is C/C(N)=C/C(N)=N\c1cc(OC2COC2)nc(N(C)C(C)CC(C)N(C)C)n1. The van der Waals surface area contributed by atoms with Crippen molar-refractivity contribution < 1.29 is 9.47 Å². The van der Waals surface area contributed by atoms with Crippen LogP contribution in [0.5, 0.6) is 5.88 Å². The van der Waals surface area contributed by atoms with E-state index in [9.17, 15) is 0 Å². The summed E-state index contributed by atoms with van der Waals surface area (Å²) in [6, 6.07) is 2.32. The maximum absolute atomic E-state index is 5.93. The lowest BCUT2D eigenvalue weighted by Gasteiger charge is -2.30. The topological polar surface area (TPSA) is 115 Å². The Hall–Kier alpha value is -2.39. The monoisotopic (exact) mass is 391 g/mol. The lowest BCUT2D eigenvalue weighted by Crippen LogP contribution is -2.39. The minimum absolute atomic E-state index is 0.000369. The van der Waals surface area contributed by atoms with Crippen LogP contribution in [0.3, 0.4) is 0 Å². The number of amidine groups is 1. The van der Waals surface area contributed by atoms with Gasteiger partial charge in [-0.1, -0.05) is 0 Å². The minimum Gasteiger partial charge on any atom is -0.469 e. The molecule has 1 aliphatic rings. The van der Waals surface area contributed by atoms with E-state index in [-0.39, 0.29) is 18.0 Å². The highest BCUT2D eigenvalue weighted by molar-refractivity contribution is 5.93. The normalized spacial score (nSPS) is 18.0. The van der Waals surface area contributed by atoms with Gasteiger partial charge in [-0.2, -0.15) is 9.97 Å². The van der Waals surface area contributed by atoms with Crippen LogP contribution in [0.25, 0.3) is 0 Å². The molecule has 2 unspecified atom stereocenters. The number of rotatable bonds is 9. The third kappa shape index (κ3) is 6.35. The zero-order valence-electron chi connectivity index (χ0n) is 17.7. The van der Waals surface area contributed by atoms with E-state index in [2.05, 4.69) is 47.8 Å². The van der Waals surface area contributed by atoms with Crippen LogP contribution < -0.4 is 21.1 Å². The Bertz CT molecular complexity index is 712. The fourth-order valence-corrected chi connectivity index (χ4v) is 2.59. The van der Waals surface area contributed by atoms with Gasteiger partial charge in [-0.25, -0.2) is 4.99 Å². The number of aliphatic imine (C=N–C) groups is 1. The smallest absolute Gasteiger partial charge is 0.230 e. The fraction of sp³-hybridized carbons (Fsp3) is 0.632. The Balaban J connectivity index is 2.28. The van der Waals surface area contributed by atoms with E-state index in [0.717, 1.165) is 6.42 Å². The van der Waals surface area contributed by atoms with E-state index >= 15 is 0 Å². The molecular weight excluding hydrogens is 358 g/mol. The first-order valence-corrected chi connectivity index (χ1v) is 9.46. The third-order valence-electron chi connectivity index (χ3n) is 4.73. The molecule has 0 aromatic carbocycles. The average Bonchev–Trinajstić information content (AvgIpc) is 2.56. The highest BCUT2D eigenvalue weighted by Crippen LogP contribution is 2.24. The molecule has 2 rings (SSSR count). The summed E-state index contributed by atoms with van der Waals surface area (Å²) >= 11 is 0. The molecule has 1 aromatic rings. The Morgan fingerprint density at radius 3 is 2.50 bits per heavy atom. The quantitative estimate of drug-likeness (QED) is 0.478. The van der Waals surface area contributed by atoms with E-state index in [1.165, 1.54) is 0 Å².